The number of hydrogen-bond donors (Lipinski definition) is 1. The van der Waals surface area contributed by atoms with Crippen molar-refractivity contribution in [3.63, 3.8) is 0 Å². The third-order valence-electron chi connectivity index (χ3n) is 3.83. The largest absolute Gasteiger partial charge is 0.347 e. The molecule has 0 saturated carbocycles. The van der Waals surface area contributed by atoms with Gasteiger partial charge < -0.3 is 10.2 Å². The second-order valence-corrected chi connectivity index (χ2v) is 5.53. The summed E-state index contributed by atoms with van der Waals surface area (Å²) >= 11 is 0. The molecule has 6 nitrogen and oxygen atoms in total. The van der Waals surface area contributed by atoms with Crippen molar-refractivity contribution in [3.8, 4) is 0 Å². The van der Waals surface area contributed by atoms with E-state index < -0.39 is 0 Å². The summed E-state index contributed by atoms with van der Waals surface area (Å²) in [6.45, 7) is 5.41. The average Bonchev–Trinajstić information content (AvgIpc) is 2.79. The van der Waals surface area contributed by atoms with Gasteiger partial charge in [0, 0.05) is 47.3 Å². The zero-order valence-electron chi connectivity index (χ0n) is 12.9. The van der Waals surface area contributed by atoms with Crippen molar-refractivity contribution in [2.45, 2.75) is 25.9 Å². The number of carbonyl (C=O) groups is 1. The first-order valence-corrected chi connectivity index (χ1v) is 7.20. The molecule has 1 aliphatic heterocycles. The molecule has 20 heavy (non-hydrogen) atoms. The molecular formula is C14H25N5O. The van der Waals surface area contributed by atoms with Gasteiger partial charge in [0.05, 0.1) is 11.4 Å². The molecule has 1 fully saturated rings. The van der Waals surface area contributed by atoms with Crippen LogP contribution in [0.3, 0.4) is 0 Å². The summed E-state index contributed by atoms with van der Waals surface area (Å²) in [4.78, 5) is 16.2. The fraction of sp³-hybridized carbons (Fsp3) is 0.714. The van der Waals surface area contributed by atoms with Gasteiger partial charge in [0.15, 0.2) is 0 Å². The molecular weight excluding hydrogens is 254 g/mol. The van der Waals surface area contributed by atoms with Crippen LogP contribution in [0.4, 0.5) is 0 Å². The molecule has 1 aromatic heterocycles. The van der Waals surface area contributed by atoms with E-state index in [9.17, 15) is 4.79 Å². The van der Waals surface area contributed by atoms with Gasteiger partial charge in [-0.05, 0) is 12.5 Å². The molecule has 1 amide bonds. The van der Waals surface area contributed by atoms with Crippen molar-refractivity contribution in [2.75, 3.05) is 33.7 Å². The number of amides is 1. The highest BCUT2D eigenvalue weighted by Gasteiger charge is 2.30. The number of carbonyl (C=O) groups excluding carboxylic acids is 1. The number of nitrogens with one attached hydrogen (secondary N) is 1. The van der Waals surface area contributed by atoms with Crippen LogP contribution in [0.1, 0.15) is 18.3 Å². The summed E-state index contributed by atoms with van der Waals surface area (Å²) in [6.07, 6.45) is 0.940. The monoisotopic (exact) mass is 279 g/mol. The molecule has 1 saturated heterocycles. The molecule has 1 aromatic rings. The van der Waals surface area contributed by atoms with E-state index in [4.69, 9.17) is 0 Å². The van der Waals surface area contributed by atoms with E-state index in [-0.39, 0.29) is 11.9 Å². The SMILES string of the molecule is CCc1cc(CN2CCNCC2C(=O)N(C)C)n(C)n1. The van der Waals surface area contributed by atoms with Crippen LogP contribution < -0.4 is 5.32 Å². The lowest BCUT2D eigenvalue weighted by Crippen LogP contribution is -2.57. The Morgan fingerprint density at radius 2 is 2.30 bits per heavy atom. The fourth-order valence-electron chi connectivity index (χ4n) is 2.58. The Balaban J connectivity index is 2.12. The first-order chi connectivity index (χ1) is 9.52. The molecule has 0 spiro atoms. The molecule has 0 radical (unpaired) electrons. The van der Waals surface area contributed by atoms with Crippen LogP contribution in [-0.2, 0) is 24.8 Å². The molecule has 112 valence electrons. The Kier molecular flexibility index (Phi) is 4.77. The van der Waals surface area contributed by atoms with Crippen LogP contribution in [0.5, 0.6) is 0 Å². The van der Waals surface area contributed by atoms with Gasteiger partial charge in [-0.1, -0.05) is 6.92 Å². The minimum absolute atomic E-state index is 0.0845. The first-order valence-electron chi connectivity index (χ1n) is 7.20. The first kappa shape index (κ1) is 15.0. The maximum absolute atomic E-state index is 12.3. The van der Waals surface area contributed by atoms with Gasteiger partial charge in [-0.25, -0.2) is 0 Å². The van der Waals surface area contributed by atoms with E-state index in [1.807, 2.05) is 25.8 Å². The van der Waals surface area contributed by atoms with Crippen molar-refractivity contribution in [2.24, 2.45) is 7.05 Å². The molecule has 2 rings (SSSR count). The van der Waals surface area contributed by atoms with Gasteiger partial charge >= 0.3 is 0 Å². The Bertz CT molecular complexity index is 468. The zero-order chi connectivity index (χ0) is 14.7. The van der Waals surface area contributed by atoms with Crippen LogP contribution in [-0.4, -0.2) is 65.3 Å². The number of aryl methyl sites for hydroxylation is 2. The van der Waals surface area contributed by atoms with E-state index >= 15 is 0 Å². The van der Waals surface area contributed by atoms with Gasteiger partial charge in [0.25, 0.3) is 0 Å². The van der Waals surface area contributed by atoms with Gasteiger partial charge in [-0.15, -0.1) is 0 Å². The molecule has 2 heterocycles. The fourth-order valence-corrected chi connectivity index (χ4v) is 2.58. The Hall–Kier alpha value is -1.40. The second-order valence-electron chi connectivity index (χ2n) is 5.53. The maximum atomic E-state index is 12.3. The van der Waals surface area contributed by atoms with Crippen LogP contribution in [0.25, 0.3) is 0 Å². The van der Waals surface area contributed by atoms with E-state index in [0.717, 1.165) is 38.3 Å². The minimum Gasteiger partial charge on any atom is -0.347 e. The summed E-state index contributed by atoms with van der Waals surface area (Å²) in [5, 5.41) is 7.78. The highest BCUT2D eigenvalue weighted by Crippen LogP contribution is 2.13. The molecule has 6 heteroatoms. The number of rotatable bonds is 4. The number of likely N-dealkylation sites (N-methyl/N-ethyl adjacent to an activating group) is 1. The molecule has 1 N–H and O–H groups in total. The van der Waals surface area contributed by atoms with E-state index in [1.165, 1.54) is 5.69 Å². The molecule has 1 aliphatic rings. The van der Waals surface area contributed by atoms with Crippen molar-refractivity contribution < 1.29 is 4.79 Å². The Morgan fingerprint density at radius 3 is 2.90 bits per heavy atom. The van der Waals surface area contributed by atoms with Crippen LogP contribution in [0, 0.1) is 0 Å². The molecule has 1 unspecified atom stereocenters. The lowest BCUT2D eigenvalue weighted by atomic mass is 10.1. The third kappa shape index (κ3) is 3.19. The van der Waals surface area contributed by atoms with Crippen molar-refractivity contribution >= 4 is 5.91 Å². The standard InChI is InChI=1S/C14H25N5O/c1-5-11-8-12(18(4)16-11)10-19-7-6-15-9-13(19)14(20)17(2)3/h8,13,15H,5-7,9-10H2,1-4H3. The maximum Gasteiger partial charge on any atom is 0.240 e. The van der Waals surface area contributed by atoms with Crippen molar-refractivity contribution in [1.29, 1.82) is 0 Å². The smallest absolute Gasteiger partial charge is 0.240 e. The summed E-state index contributed by atoms with van der Waals surface area (Å²) in [6, 6.07) is 2.05. The van der Waals surface area contributed by atoms with E-state index in [1.54, 1.807) is 4.90 Å². The number of piperazine rings is 1. The summed E-state index contributed by atoms with van der Waals surface area (Å²) in [5.41, 5.74) is 2.27. The Labute approximate surface area is 120 Å². The van der Waals surface area contributed by atoms with E-state index in [2.05, 4.69) is 28.3 Å². The number of nitrogens with zero attached hydrogens (tertiary/aromatic N) is 4. The summed E-state index contributed by atoms with van der Waals surface area (Å²) in [7, 11) is 5.60. The van der Waals surface area contributed by atoms with Gasteiger partial charge in [-0.3, -0.25) is 14.4 Å². The third-order valence-corrected chi connectivity index (χ3v) is 3.83. The van der Waals surface area contributed by atoms with Crippen LogP contribution in [0.15, 0.2) is 6.07 Å². The van der Waals surface area contributed by atoms with Gasteiger partial charge in [-0.2, -0.15) is 5.10 Å². The predicted molar refractivity (Wildman–Crippen MR) is 78.3 cm³/mol. The predicted octanol–water partition coefficient (Wildman–Crippen LogP) is -0.155. The normalized spacial score (nSPS) is 20.1. The lowest BCUT2D eigenvalue weighted by Gasteiger charge is -2.36. The quantitative estimate of drug-likeness (QED) is 0.832. The van der Waals surface area contributed by atoms with E-state index in [0.29, 0.717) is 0 Å². The molecule has 1 atom stereocenters. The summed E-state index contributed by atoms with van der Waals surface area (Å²) in [5.74, 6) is 0.162. The minimum atomic E-state index is -0.0845. The van der Waals surface area contributed by atoms with Gasteiger partial charge in [0.2, 0.25) is 5.91 Å². The molecule has 0 bridgehead atoms. The van der Waals surface area contributed by atoms with Gasteiger partial charge in [0.1, 0.15) is 6.04 Å². The van der Waals surface area contributed by atoms with Crippen LogP contribution in [0.2, 0.25) is 0 Å². The number of hydrogen-bond acceptors (Lipinski definition) is 4. The highest BCUT2D eigenvalue weighted by atomic mass is 16.2. The lowest BCUT2D eigenvalue weighted by molar-refractivity contribution is -0.135. The Morgan fingerprint density at radius 1 is 1.55 bits per heavy atom. The second kappa shape index (κ2) is 6.37. The summed E-state index contributed by atoms with van der Waals surface area (Å²) < 4.78 is 1.93. The average molecular weight is 279 g/mol. The van der Waals surface area contributed by atoms with Crippen molar-refractivity contribution in [3.05, 3.63) is 17.5 Å². The molecule has 0 aromatic carbocycles. The van der Waals surface area contributed by atoms with Crippen LogP contribution >= 0.6 is 0 Å². The topological polar surface area (TPSA) is 53.4 Å². The highest BCUT2D eigenvalue weighted by molar-refractivity contribution is 5.81. The van der Waals surface area contributed by atoms with Crippen molar-refractivity contribution in [1.82, 2.24) is 24.9 Å². The zero-order valence-corrected chi connectivity index (χ0v) is 12.9. The molecule has 0 aliphatic carbocycles. The number of aromatic nitrogens is 2.